The molecule has 1 rings (SSSR count). The van der Waals surface area contributed by atoms with Gasteiger partial charge in [0.2, 0.25) is 6.41 Å². The second-order valence-electron chi connectivity index (χ2n) is 3.84. The summed E-state index contributed by atoms with van der Waals surface area (Å²) in [6.45, 7) is 2.10. The van der Waals surface area contributed by atoms with Crippen molar-refractivity contribution in [3.63, 3.8) is 0 Å². The van der Waals surface area contributed by atoms with E-state index in [0.717, 1.165) is 6.42 Å². The average Bonchev–Trinajstić information content (AvgIpc) is 2.74. The van der Waals surface area contributed by atoms with E-state index in [-0.39, 0.29) is 12.5 Å². The van der Waals surface area contributed by atoms with E-state index < -0.39 is 5.97 Å². The maximum absolute atomic E-state index is 10.5. The fraction of sp³-hybridized carbons (Fsp3) is 0.500. The van der Waals surface area contributed by atoms with Crippen LogP contribution < -0.4 is 5.32 Å². The van der Waals surface area contributed by atoms with Crippen LogP contribution in [-0.2, 0) is 22.4 Å². The van der Waals surface area contributed by atoms with Gasteiger partial charge in [0, 0.05) is 28.6 Å². The Balaban J connectivity index is 2.52. The molecule has 1 heterocycles. The van der Waals surface area contributed by atoms with Gasteiger partial charge in [-0.15, -0.1) is 11.3 Å². The Bertz CT molecular complexity index is 376. The highest BCUT2D eigenvalue weighted by molar-refractivity contribution is 7.11. The number of hydrogen-bond donors (Lipinski definition) is 2. The summed E-state index contributed by atoms with van der Waals surface area (Å²) >= 11 is 1.72. The van der Waals surface area contributed by atoms with E-state index in [1.165, 1.54) is 9.75 Å². The van der Waals surface area contributed by atoms with Gasteiger partial charge in [-0.05, 0) is 25.0 Å². The molecule has 0 radical (unpaired) electrons. The van der Waals surface area contributed by atoms with Crippen LogP contribution in [0.1, 0.15) is 29.5 Å². The molecule has 4 nitrogen and oxygen atoms in total. The Kier molecular flexibility index (Phi) is 5.69. The van der Waals surface area contributed by atoms with E-state index in [4.69, 9.17) is 5.11 Å². The first kappa shape index (κ1) is 13.7. The van der Waals surface area contributed by atoms with Crippen LogP contribution in [0.4, 0.5) is 0 Å². The smallest absolute Gasteiger partial charge is 0.303 e. The highest BCUT2D eigenvalue weighted by Crippen LogP contribution is 2.19. The Morgan fingerprint density at radius 1 is 1.53 bits per heavy atom. The minimum Gasteiger partial charge on any atom is -0.481 e. The third-order valence-electron chi connectivity index (χ3n) is 2.52. The van der Waals surface area contributed by atoms with Crippen LogP contribution in [0.2, 0.25) is 0 Å². The molecule has 5 heteroatoms. The number of rotatable bonds is 8. The second-order valence-corrected chi connectivity index (χ2v) is 5.09. The van der Waals surface area contributed by atoms with Crippen molar-refractivity contribution in [2.24, 2.45) is 0 Å². The van der Waals surface area contributed by atoms with Gasteiger partial charge in [0.25, 0.3) is 0 Å². The number of carboxylic acids is 1. The van der Waals surface area contributed by atoms with Crippen molar-refractivity contribution in [2.75, 3.05) is 0 Å². The average molecular weight is 255 g/mol. The number of nitrogens with one attached hydrogen (secondary N) is 1. The molecule has 0 bridgehead atoms. The highest BCUT2D eigenvalue weighted by Gasteiger charge is 2.12. The first-order valence-electron chi connectivity index (χ1n) is 5.64. The number of carboxylic acid groups (broad SMARTS) is 1. The minimum atomic E-state index is -0.830. The summed E-state index contributed by atoms with van der Waals surface area (Å²) in [5, 5.41) is 11.3. The molecule has 0 aliphatic carbocycles. The minimum absolute atomic E-state index is 0.0809. The molecule has 0 spiro atoms. The van der Waals surface area contributed by atoms with Crippen molar-refractivity contribution in [3.8, 4) is 0 Å². The quantitative estimate of drug-likeness (QED) is 0.696. The Labute approximate surface area is 105 Å². The Morgan fingerprint density at radius 3 is 2.76 bits per heavy atom. The molecular weight excluding hydrogens is 238 g/mol. The van der Waals surface area contributed by atoms with Crippen LogP contribution >= 0.6 is 11.3 Å². The summed E-state index contributed by atoms with van der Waals surface area (Å²) in [5.74, 6) is -0.830. The molecule has 0 aliphatic heterocycles. The topological polar surface area (TPSA) is 66.4 Å². The van der Waals surface area contributed by atoms with Gasteiger partial charge in [0.15, 0.2) is 0 Å². The predicted octanol–water partition coefficient (Wildman–Crippen LogP) is 1.83. The summed E-state index contributed by atoms with van der Waals surface area (Å²) < 4.78 is 0. The van der Waals surface area contributed by atoms with Gasteiger partial charge in [-0.1, -0.05) is 6.92 Å². The van der Waals surface area contributed by atoms with Crippen LogP contribution in [0.5, 0.6) is 0 Å². The summed E-state index contributed by atoms with van der Waals surface area (Å²) in [7, 11) is 0. The van der Waals surface area contributed by atoms with Crippen molar-refractivity contribution in [1.29, 1.82) is 0 Å². The fourth-order valence-corrected chi connectivity index (χ4v) is 2.64. The third-order valence-corrected chi connectivity index (χ3v) is 3.78. The lowest BCUT2D eigenvalue weighted by molar-refractivity contribution is -0.137. The molecular formula is C12H17NO3S. The molecule has 1 unspecified atom stereocenters. The lowest BCUT2D eigenvalue weighted by Gasteiger charge is -2.13. The molecule has 1 aromatic heterocycles. The standard InChI is InChI=1S/C12H17NO3S/c1-2-10-4-5-11(17-10)7-9(13-8-14)3-6-12(15)16/h4-5,8-9H,2-3,6-7H2,1H3,(H,13,14)(H,15,16). The van der Waals surface area contributed by atoms with Gasteiger partial charge in [-0.3, -0.25) is 9.59 Å². The van der Waals surface area contributed by atoms with Crippen LogP contribution in [-0.4, -0.2) is 23.5 Å². The summed E-state index contributed by atoms with van der Waals surface area (Å²) in [4.78, 5) is 23.4. The third kappa shape index (κ3) is 4.99. The molecule has 0 saturated carbocycles. The van der Waals surface area contributed by atoms with Gasteiger partial charge >= 0.3 is 5.97 Å². The number of aryl methyl sites for hydroxylation is 1. The Hall–Kier alpha value is -1.36. The summed E-state index contributed by atoms with van der Waals surface area (Å²) in [6, 6.07) is 4.03. The van der Waals surface area contributed by atoms with Gasteiger partial charge < -0.3 is 10.4 Å². The van der Waals surface area contributed by atoms with E-state index in [1.807, 2.05) is 6.07 Å². The SMILES string of the molecule is CCc1ccc(CC(CCC(=O)O)NC=O)s1. The molecule has 94 valence electrons. The van der Waals surface area contributed by atoms with Gasteiger partial charge in [0.05, 0.1) is 0 Å². The van der Waals surface area contributed by atoms with Crippen molar-refractivity contribution in [3.05, 3.63) is 21.9 Å². The monoisotopic (exact) mass is 255 g/mol. The van der Waals surface area contributed by atoms with Crippen LogP contribution in [0, 0.1) is 0 Å². The van der Waals surface area contributed by atoms with Crippen molar-refractivity contribution >= 4 is 23.7 Å². The van der Waals surface area contributed by atoms with E-state index in [2.05, 4.69) is 18.3 Å². The largest absolute Gasteiger partial charge is 0.481 e. The molecule has 0 saturated heterocycles. The normalized spacial score (nSPS) is 12.1. The lowest BCUT2D eigenvalue weighted by Crippen LogP contribution is -2.30. The van der Waals surface area contributed by atoms with E-state index in [0.29, 0.717) is 19.3 Å². The maximum Gasteiger partial charge on any atom is 0.303 e. The molecule has 1 amide bonds. The fourth-order valence-electron chi connectivity index (χ4n) is 1.60. The number of amides is 1. The van der Waals surface area contributed by atoms with Crippen LogP contribution in [0.3, 0.4) is 0 Å². The molecule has 1 aromatic rings. The zero-order valence-electron chi connectivity index (χ0n) is 9.81. The van der Waals surface area contributed by atoms with E-state index in [9.17, 15) is 9.59 Å². The highest BCUT2D eigenvalue weighted by atomic mass is 32.1. The molecule has 0 aliphatic rings. The van der Waals surface area contributed by atoms with Crippen molar-refractivity contribution in [1.82, 2.24) is 5.32 Å². The molecule has 0 fully saturated rings. The zero-order chi connectivity index (χ0) is 12.7. The van der Waals surface area contributed by atoms with Crippen molar-refractivity contribution < 1.29 is 14.7 Å². The molecule has 0 aromatic carbocycles. The van der Waals surface area contributed by atoms with Gasteiger partial charge in [-0.25, -0.2) is 0 Å². The van der Waals surface area contributed by atoms with E-state index in [1.54, 1.807) is 11.3 Å². The first-order valence-corrected chi connectivity index (χ1v) is 6.46. The molecule has 1 atom stereocenters. The van der Waals surface area contributed by atoms with Crippen molar-refractivity contribution in [2.45, 2.75) is 38.6 Å². The predicted molar refractivity (Wildman–Crippen MR) is 67.3 cm³/mol. The molecule has 2 N–H and O–H groups in total. The first-order chi connectivity index (χ1) is 8.15. The maximum atomic E-state index is 10.5. The zero-order valence-corrected chi connectivity index (χ0v) is 10.6. The number of carbonyl (C=O) groups is 2. The van der Waals surface area contributed by atoms with Gasteiger partial charge in [-0.2, -0.15) is 0 Å². The lowest BCUT2D eigenvalue weighted by atomic mass is 10.1. The van der Waals surface area contributed by atoms with Crippen LogP contribution in [0.25, 0.3) is 0 Å². The molecule has 17 heavy (non-hydrogen) atoms. The second kappa shape index (κ2) is 7.06. The number of aliphatic carboxylic acids is 1. The van der Waals surface area contributed by atoms with Crippen LogP contribution in [0.15, 0.2) is 12.1 Å². The van der Waals surface area contributed by atoms with Gasteiger partial charge in [0.1, 0.15) is 0 Å². The summed E-state index contributed by atoms with van der Waals surface area (Å²) in [5.41, 5.74) is 0. The van der Waals surface area contributed by atoms with E-state index >= 15 is 0 Å². The Morgan fingerprint density at radius 2 is 2.24 bits per heavy atom. The number of thiophene rings is 1. The number of hydrogen-bond acceptors (Lipinski definition) is 3. The number of carbonyl (C=O) groups excluding carboxylic acids is 1. The summed E-state index contributed by atoms with van der Waals surface area (Å²) in [6.07, 6.45) is 2.90.